The fourth-order valence-corrected chi connectivity index (χ4v) is 1.58. The van der Waals surface area contributed by atoms with Crippen LogP contribution in [0.2, 0.25) is 0 Å². The molecule has 0 aliphatic heterocycles. The van der Waals surface area contributed by atoms with E-state index in [9.17, 15) is 9.18 Å². The second-order valence-corrected chi connectivity index (χ2v) is 3.87. The van der Waals surface area contributed by atoms with E-state index in [1.165, 1.54) is 12.1 Å². The van der Waals surface area contributed by atoms with Gasteiger partial charge in [-0.05, 0) is 36.2 Å². The Morgan fingerprint density at radius 1 is 1.11 bits per heavy atom. The van der Waals surface area contributed by atoms with Crippen LogP contribution in [0.1, 0.15) is 15.9 Å². The maximum absolute atomic E-state index is 12.7. The van der Waals surface area contributed by atoms with Gasteiger partial charge in [-0.25, -0.2) is 4.39 Å². The van der Waals surface area contributed by atoms with Crippen LogP contribution in [0.5, 0.6) is 0 Å². The summed E-state index contributed by atoms with van der Waals surface area (Å²) in [6, 6.07) is 9.59. The van der Waals surface area contributed by atoms with E-state index in [0.29, 0.717) is 18.5 Å². The third-order valence-electron chi connectivity index (χ3n) is 2.55. The smallest absolute Gasteiger partial charge is 0.251 e. The monoisotopic (exact) mass is 280 g/mol. The van der Waals surface area contributed by atoms with Gasteiger partial charge in [0.1, 0.15) is 5.82 Å². The van der Waals surface area contributed by atoms with Crippen LogP contribution in [0.3, 0.4) is 0 Å². The van der Waals surface area contributed by atoms with Crippen molar-refractivity contribution in [1.29, 1.82) is 0 Å². The molecule has 1 heterocycles. The molecule has 1 N–H and O–H groups in total. The zero-order chi connectivity index (χ0) is 12.8. The molecule has 0 fully saturated rings. The highest BCUT2D eigenvalue weighted by molar-refractivity contribution is 5.93. The molecule has 2 rings (SSSR count). The summed E-state index contributed by atoms with van der Waals surface area (Å²) in [4.78, 5) is 15.5. The largest absolute Gasteiger partial charge is 0.352 e. The Bertz CT molecular complexity index is 517. The maximum Gasteiger partial charge on any atom is 0.251 e. The third-order valence-corrected chi connectivity index (χ3v) is 2.55. The van der Waals surface area contributed by atoms with Crippen LogP contribution in [0.4, 0.5) is 4.39 Å². The summed E-state index contributed by atoms with van der Waals surface area (Å²) in [5.74, 6) is -0.376. The number of carbonyl (C=O) groups is 1. The fourth-order valence-electron chi connectivity index (χ4n) is 1.58. The number of hydrogen-bond acceptors (Lipinski definition) is 2. The molecule has 0 saturated carbocycles. The van der Waals surface area contributed by atoms with E-state index in [1.807, 2.05) is 0 Å². The summed E-state index contributed by atoms with van der Waals surface area (Å²) in [5.41, 5.74) is 1.58. The first-order chi connectivity index (χ1) is 8.75. The van der Waals surface area contributed by atoms with Crippen molar-refractivity contribution in [2.24, 2.45) is 0 Å². The Kier molecular flexibility index (Phi) is 5.96. The number of carbonyl (C=O) groups excluding carboxylic acids is 1. The van der Waals surface area contributed by atoms with Gasteiger partial charge in [0.2, 0.25) is 0 Å². The van der Waals surface area contributed by atoms with Gasteiger partial charge in [0.05, 0.1) is 0 Å². The number of amides is 1. The van der Waals surface area contributed by atoms with Crippen molar-refractivity contribution in [3.8, 4) is 0 Å². The van der Waals surface area contributed by atoms with Gasteiger partial charge in [0.25, 0.3) is 5.91 Å². The molecule has 100 valence electrons. The highest BCUT2D eigenvalue weighted by atomic mass is 35.5. The Balaban J connectivity index is 0.00000180. The summed E-state index contributed by atoms with van der Waals surface area (Å²) in [6.45, 7) is 0.521. The Morgan fingerprint density at radius 2 is 1.74 bits per heavy atom. The minimum absolute atomic E-state index is 0. The Morgan fingerprint density at radius 3 is 2.37 bits per heavy atom. The molecular weight excluding hydrogens is 267 g/mol. The van der Waals surface area contributed by atoms with Crippen LogP contribution in [0.25, 0.3) is 0 Å². The lowest BCUT2D eigenvalue weighted by molar-refractivity contribution is 0.0954. The summed E-state index contributed by atoms with van der Waals surface area (Å²) in [7, 11) is 0. The van der Waals surface area contributed by atoms with Gasteiger partial charge in [0, 0.05) is 24.5 Å². The molecule has 1 aromatic heterocycles. The summed E-state index contributed by atoms with van der Waals surface area (Å²) >= 11 is 0. The Hall–Kier alpha value is -1.94. The molecule has 0 aliphatic rings. The summed E-state index contributed by atoms with van der Waals surface area (Å²) in [5, 5.41) is 2.80. The molecule has 19 heavy (non-hydrogen) atoms. The van der Waals surface area contributed by atoms with Crippen molar-refractivity contribution in [1.82, 2.24) is 10.3 Å². The number of nitrogens with zero attached hydrogens (tertiary/aromatic N) is 1. The lowest BCUT2D eigenvalue weighted by atomic mass is 10.1. The van der Waals surface area contributed by atoms with Gasteiger partial charge in [-0.3, -0.25) is 9.78 Å². The second kappa shape index (κ2) is 7.48. The van der Waals surface area contributed by atoms with Crippen molar-refractivity contribution in [2.45, 2.75) is 6.42 Å². The number of hydrogen-bond donors (Lipinski definition) is 1. The first kappa shape index (κ1) is 15.1. The van der Waals surface area contributed by atoms with Gasteiger partial charge in [-0.2, -0.15) is 0 Å². The fraction of sp³-hybridized carbons (Fsp3) is 0.143. The highest BCUT2D eigenvalue weighted by Gasteiger charge is 2.03. The van der Waals surface area contributed by atoms with Crippen LogP contribution in [-0.2, 0) is 6.42 Å². The summed E-state index contributed by atoms with van der Waals surface area (Å²) in [6.07, 6.45) is 3.83. The van der Waals surface area contributed by atoms with E-state index >= 15 is 0 Å². The van der Waals surface area contributed by atoms with Gasteiger partial charge < -0.3 is 5.32 Å². The first-order valence-corrected chi connectivity index (χ1v) is 5.68. The van der Waals surface area contributed by atoms with E-state index in [2.05, 4.69) is 10.3 Å². The normalized spacial score (nSPS) is 9.53. The molecule has 0 unspecified atom stereocenters. The molecule has 0 atom stereocenters. The number of halogens is 2. The minimum Gasteiger partial charge on any atom is -0.352 e. The lowest BCUT2D eigenvalue weighted by Gasteiger charge is -2.05. The predicted molar refractivity (Wildman–Crippen MR) is 73.9 cm³/mol. The molecule has 0 aliphatic carbocycles. The molecule has 3 nitrogen and oxygen atoms in total. The standard InChI is InChI=1S/C14H13FN2O.ClH/c15-13-3-1-11(2-4-13)5-10-17-14(18)12-6-8-16-9-7-12;/h1-4,6-9H,5,10H2,(H,17,18);1H. The van der Waals surface area contributed by atoms with Gasteiger partial charge in [-0.15, -0.1) is 12.4 Å². The van der Waals surface area contributed by atoms with Crippen molar-refractivity contribution in [2.75, 3.05) is 6.54 Å². The molecule has 0 bridgehead atoms. The number of nitrogens with one attached hydrogen (secondary N) is 1. The van der Waals surface area contributed by atoms with Crippen LogP contribution in [0, 0.1) is 5.82 Å². The molecule has 1 aromatic carbocycles. The first-order valence-electron chi connectivity index (χ1n) is 5.68. The second-order valence-electron chi connectivity index (χ2n) is 3.87. The molecular formula is C14H14ClFN2O. The molecule has 1 amide bonds. The van der Waals surface area contributed by atoms with Crippen molar-refractivity contribution in [3.05, 3.63) is 65.7 Å². The average molecular weight is 281 g/mol. The highest BCUT2D eigenvalue weighted by Crippen LogP contribution is 2.03. The molecule has 2 aromatic rings. The number of rotatable bonds is 4. The topological polar surface area (TPSA) is 42.0 Å². The van der Waals surface area contributed by atoms with Gasteiger partial charge in [-0.1, -0.05) is 12.1 Å². The van der Waals surface area contributed by atoms with Crippen LogP contribution >= 0.6 is 12.4 Å². The minimum atomic E-state index is -0.250. The summed E-state index contributed by atoms with van der Waals surface area (Å²) < 4.78 is 12.7. The van der Waals surface area contributed by atoms with E-state index < -0.39 is 0 Å². The number of pyridine rings is 1. The average Bonchev–Trinajstić information content (AvgIpc) is 2.42. The van der Waals surface area contributed by atoms with E-state index in [0.717, 1.165) is 5.56 Å². The molecule has 0 spiro atoms. The van der Waals surface area contributed by atoms with Crippen molar-refractivity contribution in [3.63, 3.8) is 0 Å². The van der Waals surface area contributed by atoms with Gasteiger partial charge in [0.15, 0.2) is 0 Å². The predicted octanol–water partition coefficient (Wildman–Crippen LogP) is 2.62. The Labute approximate surface area is 117 Å². The number of benzene rings is 1. The molecule has 5 heteroatoms. The zero-order valence-electron chi connectivity index (χ0n) is 10.2. The van der Waals surface area contributed by atoms with Gasteiger partial charge >= 0.3 is 0 Å². The lowest BCUT2D eigenvalue weighted by Crippen LogP contribution is -2.25. The molecule has 0 saturated heterocycles. The van der Waals surface area contributed by atoms with Crippen LogP contribution in [-0.4, -0.2) is 17.4 Å². The third kappa shape index (κ3) is 4.67. The van der Waals surface area contributed by atoms with E-state index in [-0.39, 0.29) is 24.1 Å². The van der Waals surface area contributed by atoms with Crippen LogP contribution < -0.4 is 5.32 Å². The van der Waals surface area contributed by atoms with E-state index in [1.54, 1.807) is 36.7 Å². The number of aromatic nitrogens is 1. The quantitative estimate of drug-likeness (QED) is 0.935. The maximum atomic E-state index is 12.7. The van der Waals surface area contributed by atoms with Crippen LogP contribution in [0.15, 0.2) is 48.8 Å². The SMILES string of the molecule is Cl.O=C(NCCc1ccc(F)cc1)c1ccncc1. The van der Waals surface area contributed by atoms with Crippen molar-refractivity contribution >= 4 is 18.3 Å². The zero-order valence-corrected chi connectivity index (χ0v) is 11.0. The molecule has 0 radical (unpaired) electrons. The van der Waals surface area contributed by atoms with E-state index in [4.69, 9.17) is 0 Å². The van der Waals surface area contributed by atoms with Crippen molar-refractivity contribution < 1.29 is 9.18 Å².